The number of amides is 1. The number of aliphatic imine (C=N–C) groups is 1. The molecule has 2 aliphatic carbocycles. The monoisotopic (exact) mass is 537 g/mol. The molecule has 204 valence electrons. The first-order valence-electron chi connectivity index (χ1n) is 13.7. The Morgan fingerprint density at radius 1 is 1.24 bits per heavy atom. The molecule has 2 aliphatic heterocycles. The highest BCUT2D eigenvalue weighted by Gasteiger charge is 2.41. The first-order valence-corrected chi connectivity index (χ1v) is 14.7. The van der Waals surface area contributed by atoms with Crippen molar-refractivity contribution >= 4 is 28.4 Å². The molecule has 3 fully saturated rings. The van der Waals surface area contributed by atoms with Gasteiger partial charge in [-0.25, -0.2) is 15.0 Å². The van der Waals surface area contributed by atoms with Crippen LogP contribution in [0.5, 0.6) is 0 Å². The van der Waals surface area contributed by atoms with Crippen molar-refractivity contribution in [1.82, 2.24) is 20.2 Å². The van der Waals surface area contributed by atoms with Crippen LogP contribution < -0.4 is 5.32 Å². The largest absolute Gasteiger partial charge is 0.373 e. The Hall–Kier alpha value is -2.33. The van der Waals surface area contributed by atoms with E-state index in [1.807, 2.05) is 24.5 Å². The molecular weight excluding hydrogens is 498 g/mol. The van der Waals surface area contributed by atoms with Crippen molar-refractivity contribution in [2.24, 2.45) is 10.9 Å². The highest BCUT2D eigenvalue weighted by Crippen LogP contribution is 2.34. The summed E-state index contributed by atoms with van der Waals surface area (Å²) in [7, 11) is 0. The Balaban J connectivity index is 1.12. The average molecular weight is 538 g/mol. The lowest BCUT2D eigenvalue weighted by molar-refractivity contribution is -0.134. The number of amidine groups is 1. The summed E-state index contributed by atoms with van der Waals surface area (Å²) >= 11 is 1.50. The third kappa shape index (κ3) is 7.20. The summed E-state index contributed by atoms with van der Waals surface area (Å²) in [5.41, 5.74) is 2.40. The van der Waals surface area contributed by atoms with Crippen LogP contribution in [-0.2, 0) is 20.9 Å². The van der Waals surface area contributed by atoms with Crippen LogP contribution in [0.2, 0.25) is 0 Å². The molecule has 0 spiro atoms. The molecule has 0 atom stereocenters. The molecule has 0 aromatic carbocycles. The van der Waals surface area contributed by atoms with Crippen molar-refractivity contribution in [3.8, 4) is 0 Å². The highest BCUT2D eigenvalue weighted by atomic mass is 32.2. The molecule has 38 heavy (non-hydrogen) atoms. The van der Waals surface area contributed by atoms with Gasteiger partial charge in [0.05, 0.1) is 24.0 Å². The van der Waals surface area contributed by atoms with Crippen molar-refractivity contribution in [3.05, 3.63) is 54.3 Å². The summed E-state index contributed by atoms with van der Waals surface area (Å²) in [5, 5.41) is 3.65. The van der Waals surface area contributed by atoms with Gasteiger partial charge in [0.2, 0.25) is 5.91 Å². The summed E-state index contributed by atoms with van der Waals surface area (Å²) in [5.74, 6) is 1.43. The van der Waals surface area contributed by atoms with Crippen molar-refractivity contribution in [2.45, 2.75) is 76.7 Å². The number of rotatable bonds is 6. The Kier molecular flexibility index (Phi) is 8.77. The quantitative estimate of drug-likeness (QED) is 0.572. The predicted octanol–water partition coefficient (Wildman–Crippen LogP) is 4.50. The van der Waals surface area contributed by atoms with E-state index in [1.54, 1.807) is 0 Å². The molecule has 5 rings (SSSR count). The Morgan fingerprint density at radius 2 is 2.00 bits per heavy atom. The van der Waals surface area contributed by atoms with Crippen LogP contribution in [-0.4, -0.2) is 69.1 Å². The maximum absolute atomic E-state index is 13.0. The lowest BCUT2D eigenvalue weighted by atomic mass is 9.78. The van der Waals surface area contributed by atoms with Crippen molar-refractivity contribution in [2.75, 3.05) is 25.4 Å². The van der Waals surface area contributed by atoms with Crippen LogP contribution in [0.4, 0.5) is 0 Å². The molecule has 1 aromatic heterocycles. The fraction of sp³-hybridized carbons (Fsp3) is 0.586. The van der Waals surface area contributed by atoms with E-state index in [2.05, 4.69) is 51.7 Å². The number of nitrogens with zero attached hydrogens (tertiary/aromatic N) is 4. The number of aromatic nitrogens is 2. The third-order valence-corrected chi connectivity index (χ3v) is 8.50. The van der Waals surface area contributed by atoms with Gasteiger partial charge in [-0.1, -0.05) is 43.3 Å². The molecule has 4 aliphatic rings. The Labute approximate surface area is 230 Å². The van der Waals surface area contributed by atoms with Crippen LogP contribution in [0.1, 0.15) is 63.8 Å². The minimum Gasteiger partial charge on any atom is -0.373 e. The van der Waals surface area contributed by atoms with Crippen molar-refractivity contribution < 1.29 is 14.3 Å². The number of nitrogens with one attached hydrogen (secondary N) is 1. The molecule has 1 N–H and O–H groups in total. The van der Waals surface area contributed by atoms with Gasteiger partial charge in [0.1, 0.15) is 6.61 Å². The second kappa shape index (κ2) is 12.2. The first-order chi connectivity index (χ1) is 18.3. The Bertz CT molecular complexity index is 1100. The van der Waals surface area contributed by atoms with E-state index in [-0.39, 0.29) is 17.4 Å². The zero-order chi connectivity index (χ0) is 26.5. The fourth-order valence-electron chi connectivity index (χ4n) is 5.44. The standard InChI is InChI=1S/C29H39N5O3S/c1-20-8-9-21(23-16-30-26(31-17-23)18-36-25-6-4-5-7-25)10-13-38-28(32-20)33-27(35)22-14-24(15-22)34-11-12-37-29(2,3)19-34/h8-10,16-17,22,24-25H,1,4-7,11-15,18-19H2,2-3H3,(H,32,33,35)/b9-8-,21-10+. The van der Waals surface area contributed by atoms with Crippen LogP contribution in [0.25, 0.3) is 5.57 Å². The lowest BCUT2D eigenvalue weighted by Crippen LogP contribution is -2.57. The molecule has 0 radical (unpaired) electrons. The van der Waals surface area contributed by atoms with E-state index in [0.717, 1.165) is 56.5 Å². The fourth-order valence-corrected chi connectivity index (χ4v) is 6.22. The van der Waals surface area contributed by atoms with Gasteiger partial charge in [-0.15, -0.1) is 0 Å². The minimum atomic E-state index is -0.119. The molecule has 0 bridgehead atoms. The predicted molar refractivity (Wildman–Crippen MR) is 151 cm³/mol. The van der Waals surface area contributed by atoms with Crippen LogP contribution in [0.3, 0.4) is 0 Å². The summed E-state index contributed by atoms with van der Waals surface area (Å²) in [4.78, 5) is 29.0. The number of hydrogen-bond donors (Lipinski definition) is 1. The summed E-state index contributed by atoms with van der Waals surface area (Å²) in [6.45, 7) is 11.4. The molecule has 2 saturated carbocycles. The summed E-state index contributed by atoms with van der Waals surface area (Å²) < 4.78 is 11.8. The van der Waals surface area contributed by atoms with Crippen LogP contribution in [0, 0.1) is 5.92 Å². The molecule has 1 saturated heterocycles. The second-order valence-electron chi connectivity index (χ2n) is 11.2. The number of allylic oxidation sites excluding steroid dienone is 3. The number of hydrogen-bond acceptors (Lipinski definition) is 8. The van der Waals surface area contributed by atoms with E-state index < -0.39 is 0 Å². The molecular formula is C29H39N5O3S. The normalized spacial score (nSPS) is 30.1. The van der Waals surface area contributed by atoms with Gasteiger partial charge < -0.3 is 14.8 Å². The van der Waals surface area contributed by atoms with Gasteiger partial charge >= 0.3 is 0 Å². The number of morpholine rings is 1. The molecule has 1 amide bonds. The summed E-state index contributed by atoms with van der Waals surface area (Å²) in [6, 6.07) is 0.454. The van der Waals surface area contributed by atoms with Crippen LogP contribution >= 0.6 is 11.8 Å². The van der Waals surface area contributed by atoms with Gasteiger partial charge in [-0.2, -0.15) is 0 Å². The van der Waals surface area contributed by atoms with Gasteiger partial charge in [-0.05, 0) is 51.2 Å². The van der Waals surface area contributed by atoms with Crippen LogP contribution in [0.15, 0.2) is 47.9 Å². The van der Waals surface area contributed by atoms with E-state index >= 15 is 0 Å². The molecule has 3 heterocycles. The molecule has 0 unspecified atom stereocenters. The van der Waals surface area contributed by atoms with E-state index in [1.165, 1.54) is 24.6 Å². The smallest absolute Gasteiger partial charge is 0.229 e. The SMILES string of the molecule is C=C1/C=C\C(c2cnc(COC3CCCC3)nc2)=C/CS/C(NC(=O)C2CC(N3CCOC(C)(C)C3)C2)=N\1. The van der Waals surface area contributed by atoms with Gasteiger partial charge in [-0.3, -0.25) is 9.69 Å². The summed E-state index contributed by atoms with van der Waals surface area (Å²) in [6.07, 6.45) is 16.5. The van der Waals surface area contributed by atoms with Gasteiger partial charge in [0.25, 0.3) is 0 Å². The molecule has 8 nitrogen and oxygen atoms in total. The topological polar surface area (TPSA) is 88.9 Å². The van der Waals surface area contributed by atoms with E-state index in [4.69, 9.17) is 9.47 Å². The number of carbonyl (C=O) groups is 1. The maximum Gasteiger partial charge on any atom is 0.229 e. The number of thioether (sulfide) groups is 1. The maximum atomic E-state index is 13.0. The average Bonchev–Trinajstić information content (AvgIpc) is 3.39. The van der Waals surface area contributed by atoms with Crippen molar-refractivity contribution in [1.29, 1.82) is 0 Å². The Morgan fingerprint density at radius 3 is 2.74 bits per heavy atom. The second-order valence-corrected chi connectivity index (χ2v) is 12.2. The van der Waals surface area contributed by atoms with E-state index in [9.17, 15) is 4.79 Å². The van der Waals surface area contributed by atoms with E-state index in [0.29, 0.717) is 41.2 Å². The zero-order valence-electron chi connectivity index (χ0n) is 22.5. The van der Waals surface area contributed by atoms with Gasteiger partial charge in [0, 0.05) is 48.8 Å². The lowest BCUT2D eigenvalue weighted by Gasteiger charge is -2.47. The molecule has 9 heteroatoms. The van der Waals surface area contributed by atoms with Gasteiger partial charge in [0.15, 0.2) is 11.0 Å². The highest BCUT2D eigenvalue weighted by molar-refractivity contribution is 8.14. The zero-order valence-corrected chi connectivity index (χ0v) is 23.3. The van der Waals surface area contributed by atoms with Crippen molar-refractivity contribution in [3.63, 3.8) is 0 Å². The number of carbonyl (C=O) groups excluding carboxylic acids is 1. The first kappa shape index (κ1) is 27.2. The number of ether oxygens (including phenoxy) is 2. The third-order valence-electron chi connectivity index (χ3n) is 7.70. The minimum absolute atomic E-state index is 0.0186. The molecule has 1 aromatic rings.